The van der Waals surface area contributed by atoms with Gasteiger partial charge in [0.2, 0.25) is 5.22 Å². The molecule has 78 valence electrons. The largest absolute Gasteiger partial charge is 0.493 e. The van der Waals surface area contributed by atoms with Gasteiger partial charge in [-0.05, 0) is 36.2 Å². The van der Waals surface area contributed by atoms with Gasteiger partial charge in [-0.1, -0.05) is 0 Å². The Kier molecular flexibility index (Phi) is 2.40. The fourth-order valence-electron chi connectivity index (χ4n) is 1.56. The number of carbonyl (C=O) groups excluding carboxylic acids is 1. The molecule has 0 atom stereocenters. The summed E-state index contributed by atoms with van der Waals surface area (Å²) >= 11 is 5.80. The summed E-state index contributed by atoms with van der Waals surface area (Å²) in [6.07, 6.45) is 0.688. The van der Waals surface area contributed by atoms with E-state index in [9.17, 15) is 4.79 Å². The Morgan fingerprint density at radius 3 is 2.80 bits per heavy atom. The van der Waals surface area contributed by atoms with Crippen molar-refractivity contribution in [3.8, 4) is 5.75 Å². The van der Waals surface area contributed by atoms with Crippen molar-refractivity contribution in [1.29, 1.82) is 0 Å². The molecule has 0 saturated heterocycles. The number of methoxy groups -OCH3 is 1. The normalized spacial score (nSPS) is 10.6. The highest BCUT2D eigenvalue weighted by atomic mass is 35.5. The standard InChI is InChI=1S/C11H9ClO3/c1-6-3-7-8(5-13)11(12)15-10(7)9(4-6)14-2/h3-5H,1-2H3. The number of benzene rings is 1. The predicted molar refractivity (Wildman–Crippen MR) is 57.9 cm³/mol. The Bertz CT molecular complexity index is 528. The van der Waals surface area contributed by atoms with Gasteiger partial charge in [-0.2, -0.15) is 0 Å². The van der Waals surface area contributed by atoms with Gasteiger partial charge in [-0.25, -0.2) is 0 Å². The van der Waals surface area contributed by atoms with Crippen molar-refractivity contribution >= 4 is 28.9 Å². The lowest BCUT2D eigenvalue weighted by molar-refractivity contribution is 0.112. The first kappa shape index (κ1) is 10.1. The Hall–Kier alpha value is -1.48. The molecule has 4 heteroatoms. The summed E-state index contributed by atoms with van der Waals surface area (Å²) < 4.78 is 10.4. The van der Waals surface area contributed by atoms with Gasteiger partial charge in [-0.15, -0.1) is 0 Å². The van der Waals surface area contributed by atoms with Gasteiger partial charge in [-0.3, -0.25) is 4.79 Å². The number of halogens is 1. The molecular formula is C11H9ClO3. The minimum atomic E-state index is 0.101. The molecule has 0 bridgehead atoms. The second-order valence-corrected chi connectivity index (χ2v) is 3.59. The van der Waals surface area contributed by atoms with E-state index >= 15 is 0 Å². The average Bonchev–Trinajstić information content (AvgIpc) is 2.52. The van der Waals surface area contributed by atoms with Crippen LogP contribution in [-0.2, 0) is 0 Å². The summed E-state index contributed by atoms with van der Waals surface area (Å²) in [6.45, 7) is 1.91. The van der Waals surface area contributed by atoms with Crippen LogP contribution in [-0.4, -0.2) is 13.4 Å². The molecule has 0 amide bonds. The third-order valence-electron chi connectivity index (χ3n) is 2.23. The molecule has 0 N–H and O–H groups in total. The quantitative estimate of drug-likeness (QED) is 0.736. The van der Waals surface area contributed by atoms with Gasteiger partial charge < -0.3 is 9.15 Å². The maximum Gasteiger partial charge on any atom is 0.205 e. The maximum absolute atomic E-state index is 10.8. The summed E-state index contributed by atoms with van der Waals surface area (Å²) in [6, 6.07) is 3.67. The minimum Gasteiger partial charge on any atom is -0.493 e. The van der Waals surface area contributed by atoms with E-state index in [1.54, 1.807) is 7.11 Å². The number of hydrogen-bond donors (Lipinski definition) is 0. The number of aldehydes is 1. The fourth-order valence-corrected chi connectivity index (χ4v) is 1.78. The first-order valence-electron chi connectivity index (χ1n) is 4.39. The summed E-state index contributed by atoms with van der Waals surface area (Å²) in [5, 5.41) is 0.788. The van der Waals surface area contributed by atoms with Gasteiger partial charge in [0.25, 0.3) is 0 Å². The lowest BCUT2D eigenvalue weighted by Crippen LogP contribution is -1.85. The van der Waals surface area contributed by atoms with Gasteiger partial charge in [0.1, 0.15) is 0 Å². The van der Waals surface area contributed by atoms with Gasteiger partial charge in [0.05, 0.1) is 12.7 Å². The van der Waals surface area contributed by atoms with Crippen LogP contribution in [0.3, 0.4) is 0 Å². The van der Waals surface area contributed by atoms with Gasteiger partial charge in [0.15, 0.2) is 17.6 Å². The second-order valence-electron chi connectivity index (χ2n) is 3.25. The van der Waals surface area contributed by atoms with Crippen molar-refractivity contribution < 1.29 is 13.9 Å². The zero-order valence-electron chi connectivity index (χ0n) is 8.33. The van der Waals surface area contributed by atoms with E-state index in [4.69, 9.17) is 20.8 Å². The molecule has 3 nitrogen and oxygen atoms in total. The Morgan fingerprint density at radius 2 is 2.20 bits per heavy atom. The molecule has 2 rings (SSSR count). The molecule has 0 spiro atoms. The second kappa shape index (κ2) is 3.59. The number of fused-ring (bicyclic) bond motifs is 1. The molecule has 0 aliphatic heterocycles. The number of carbonyl (C=O) groups is 1. The monoisotopic (exact) mass is 224 g/mol. The third-order valence-corrected chi connectivity index (χ3v) is 2.51. The smallest absolute Gasteiger partial charge is 0.205 e. The lowest BCUT2D eigenvalue weighted by Gasteiger charge is -2.01. The molecular weight excluding hydrogens is 216 g/mol. The average molecular weight is 225 g/mol. The number of rotatable bonds is 2. The van der Waals surface area contributed by atoms with Crippen LogP contribution in [0.4, 0.5) is 0 Å². The van der Waals surface area contributed by atoms with E-state index in [-0.39, 0.29) is 5.22 Å². The Balaban J connectivity index is 2.89. The van der Waals surface area contributed by atoms with Crippen LogP contribution in [0.5, 0.6) is 5.75 Å². The highest BCUT2D eigenvalue weighted by molar-refractivity contribution is 6.33. The van der Waals surface area contributed by atoms with Crippen LogP contribution in [0.2, 0.25) is 5.22 Å². The molecule has 0 unspecified atom stereocenters. The van der Waals surface area contributed by atoms with E-state index < -0.39 is 0 Å². The van der Waals surface area contributed by atoms with E-state index in [0.29, 0.717) is 28.6 Å². The lowest BCUT2D eigenvalue weighted by atomic mass is 10.1. The molecule has 1 aromatic heterocycles. The SMILES string of the molecule is COc1cc(C)cc2c(C=O)c(Cl)oc12. The topological polar surface area (TPSA) is 39.4 Å². The summed E-state index contributed by atoms with van der Waals surface area (Å²) in [5.74, 6) is 0.583. The van der Waals surface area contributed by atoms with E-state index in [0.717, 1.165) is 5.56 Å². The molecule has 2 aromatic rings. The number of aryl methyl sites for hydroxylation is 1. The van der Waals surface area contributed by atoms with Crippen LogP contribution in [0.15, 0.2) is 16.5 Å². The van der Waals surface area contributed by atoms with Crippen molar-refractivity contribution in [2.24, 2.45) is 0 Å². The fraction of sp³-hybridized carbons (Fsp3) is 0.182. The minimum absolute atomic E-state index is 0.101. The summed E-state index contributed by atoms with van der Waals surface area (Å²) in [4.78, 5) is 10.8. The van der Waals surface area contributed by atoms with Crippen molar-refractivity contribution in [3.63, 3.8) is 0 Å². The molecule has 0 saturated carbocycles. The molecule has 0 radical (unpaired) electrons. The van der Waals surface area contributed by atoms with E-state index in [1.807, 2.05) is 19.1 Å². The number of furan rings is 1. The molecule has 1 heterocycles. The van der Waals surface area contributed by atoms with Crippen molar-refractivity contribution in [2.75, 3.05) is 7.11 Å². The van der Waals surface area contributed by atoms with Crippen LogP contribution < -0.4 is 4.74 Å². The Morgan fingerprint density at radius 1 is 1.47 bits per heavy atom. The van der Waals surface area contributed by atoms with Crippen molar-refractivity contribution in [1.82, 2.24) is 0 Å². The number of ether oxygens (including phenoxy) is 1. The molecule has 0 aliphatic rings. The highest BCUT2D eigenvalue weighted by Crippen LogP contribution is 2.35. The van der Waals surface area contributed by atoms with Gasteiger partial charge >= 0.3 is 0 Å². The molecule has 1 aromatic carbocycles. The summed E-state index contributed by atoms with van der Waals surface area (Å²) in [5.41, 5.74) is 1.86. The molecule has 0 fully saturated rings. The van der Waals surface area contributed by atoms with Crippen LogP contribution in [0.1, 0.15) is 15.9 Å². The Labute approximate surface area is 91.6 Å². The highest BCUT2D eigenvalue weighted by Gasteiger charge is 2.15. The van der Waals surface area contributed by atoms with Crippen molar-refractivity contribution in [3.05, 3.63) is 28.5 Å². The van der Waals surface area contributed by atoms with Crippen LogP contribution in [0.25, 0.3) is 11.0 Å². The van der Waals surface area contributed by atoms with Crippen LogP contribution in [0, 0.1) is 6.92 Å². The maximum atomic E-state index is 10.8. The number of hydrogen-bond acceptors (Lipinski definition) is 3. The third kappa shape index (κ3) is 1.49. The van der Waals surface area contributed by atoms with Crippen molar-refractivity contribution in [2.45, 2.75) is 6.92 Å². The molecule has 0 aliphatic carbocycles. The predicted octanol–water partition coefficient (Wildman–Crippen LogP) is 3.22. The summed E-state index contributed by atoms with van der Waals surface area (Å²) in [7, 11) is 1.55. The zero-order valence-corrected chi connectivity index (χ0v) is 9.09. The van der Waals surface area contributed by atoms with Crippen LogP contribution >= 0.6 is 11.6 Å². The van der Waals surface area contributed by atoms with Gasteiger partial charge in [0, 0.05) is 5.39 Å². The zero-order chi connectivity index (χ0) is 11.0. The van der Waals surface area contributed by atoms with E-state index in [2.05, 4.69) is 0 Å². The molecule has 15 heavy (non-hydrogen) atoms. The first-order valence-corrected chi connectivity index (χ1v) is 4.77. The van der Waals surface area contributed by atoms with E-state index in [1.165, 1.54) is 0 Å². The first-order chi connectivity index (χ1) is 7.17.